The molecule has 1 aliphatic heterocycles. The first-order valence-corrected chi connectivity index (χ1v) is 11.8. The van der Waals surface area contributed by atoms with Crippen molar-refractivity contribution in [2.75, 3.05) is 32.8 Å². The lowest BCUT2D eigenvalue weighted by molar-refractivity contribution is -0.132. The Bertz CT molecular complexity index is 1380. The van der Waals surface area contributed by atoms with Crippen LogP contribution in [0.4, 0.5) is 5.69 Å². The van der Waals surface area contributed by atoms with Crippen LogP contribution in [0.3, 0.4) is 0 Å². The topological polar surface area (TPSA) is 94.5 Å². The van der Waals surface area contributed by atoms with Gasteiger partial charge in [0.15, 0.2) is 11.5 Å². The fourth-order valence-corrected chi connectivity index (χ4v) is 4.51. The largest absolute Gasteiger partial charge is 0.507 e. The third-order valence-corrected chi connectivity index (χ3v) is 6.33. The van der Waals surface area contributed by atoms with Gasteiger partial charge >= 0.3 is 0 Å². The Morgan fingerprint density at radius 1 is 0.892 bits per heavy atom. The number of nitrogens with zero attached hydrogens (tertiary/aromatic N) is 1. The van der Waals surface area contributed by atoms with Crippen LogP contribution in [0, 0.1) is 0 Å². The minimum atomic E-state index is -0.997. The first kappa shape index (κ1) is 25.9. The van der Waals surface area contributed by atoms with Crippen LogP contribution >= 0.6 is 11.6 Å². The van der Waals surface area contributed by atoms with E-state index in [1.165, 1.54) is 32.3 Å². The number of rotatable bonds is 8. The normalized spacial score (nSPS) is 16.6. The molecule has 1 unspecified atom stereocenters. The van der Waals surface area contributed by atoms with Crippen LogP contribution in [-0.2, 0) is 9.59 Å². The standard InChI is InChI=1S/C28H26ClNO7/c1-5-37-23-14-16(11-13-21(23)35-3)25-24(26(31)17-10-12-18(29)22(15-17)36-4)27(32)28(33)30(25)19-8-6-7-9-20(19)34-2/h6-15,25,31H,5H2,1-4H3/b26-24-. The van der Waals surface area contributed by atoms with Crippen molar-refractivity contribution in [3.63, 3.8) is 0 Å². The van der Waals surface area contributed by atoms with Gasteiger partial charge in [-0.05, 0) is 55.0 Å². The summed E-state index contributed by atoms with van der Waals surface area (Å²) < 4.78 is 21.9. The second kappa shape index (κ2) is 10.8. The summed E-state index contributed by atoms with van der Waals surface area (Å²) in [5.41, 5.74) is 1.06. The molecule has 0 radical (unpaired) electrons. The number of Topliss-reactive ketones (excluding diaryl/α,β-unsaturated/α-hetero) is 1. The number of ether oxygens (including phenoxy) is 4. The Balaban J connectivity index is 2.00. The molecule has 3 aromatic carbocycles. The van der Waals surface area contributed by atoms with E-state index in [-0.39, 0.29) is 16.9 Å². The van der Waals surface area contributed by atoms with E-state index < -0.39 is 17.7 Å². The highest BCUT2D eigenvalue weighted by Gasteiger charge is 2.48. The number of benzene rings is 3. The summed E-state index contributed by atoms with van der Waals surface area (Å²) in [6, 6.07) is 15.6. The van der Waals surface area contributed by atoms with Crippen LogP contribution in [0.2, 0.25) is 5.02 Å². The number of hydrogen-bond donors (Lipinski definition) is 1. The van der Waals surface area contributed by atoms with Crippen LogP contribution in [0.1, 0.15) is 24.1 Å². The third kappa shape index (κ3) is 4.68. The van der Waals surface area contributed by atoms with E-state index in [4.69, 9.17) is 30.5 Å². The van der Waals surface area contributed by atoms with Crippen LogP contribution < -0.4 is 23.8 Å². The van der Waals surface area contributed by atoms with Crippen molar-refractivity contribution < 1.29 is 33.6 Å². The number of para-hydroxylation sites is 2. The van der Waals surface area contributed by atoms with Crippen molar-refractivity contribution in [1.82, 2.24) is 0 Å². The lowest BCUT2D eigenvalue weighted by atomic mass is 9.94. The van der Waals surface area contributed by atoms with Crippen molar-refractivity contribution in [1.29, 1.82) is 0 Å². The number of carbonyl (C=O) groups excluding carboxylic acids is 2. The summed E-state index contributed by atoms with van der Waals surface area (Å²) in [5.74, 6) is -0.416. The first-order chi connectivity index (χ1) is 17.9. The van der Waals surface area contributed by atoms with Gasteiger partial charge in [-0.1, -0.05) is 29.8 Å². The zero-order chi connectivity index (χ0) is 26.7. The molecular weight excluding hydrogens is 498 g/mol. The molecule has 8 nitrogen and oxygen atoms in total. The average molecular weight is 524 g/mol. The van der Waals surface area contributed by atoms with Crippen molar-refractivity contribution >= 4 is 34.7 Å². The van der Waals surface area contributed by atoms with Gasteiger partial charge in [-0.2, -0.15) is 0 Å². The number of ketones is 1. The quantitative estimate of drug-likeness (QED) is 0.240. The predicted molar refractivity (Wildman–Crippen MR) is 140 cm³/mol. The molecular formula is C28H26ClNO7. The molecule has 1 atom stereocenters. The smallest absolute Gasteiger partial charge is 0.300 e. The lowest BCUT2D eigenvalue weighted by Gasteiger charge is -2.27. The summed E-state index contributed by atoms with van der Waals surface area (Å²) in [7, 11) is 4.44. The van der Waals surface area contributed by atoms with E-state index >= 15 is 0 Å². The monoisotopic (exact) mass is 523 g/mol. The Kier molecular flexibility index (Phi) is 7.59. The maximum absolute atomic E-state index is 13.5. The average Bonchev–Trinajstić information content (AvgIpc) is 3.18. The number of methoxy groups -OCH3 is 3. The summed E-state index contributed by atoms with van der Waals surface area (Å²) in [6.45, 7) is 2.21. The summed E-state index contributed by atoms with van der Waals surface area (Å²) in [6.07, 6.45) is 0. The van der Waals surface area contributed by atoms with Gasteiger partial charge in [-0.15, -0.1) is 0 Å². The highest BCUT2D eigenvalue weighted by Crippen LogP contribution is 2.46. The second-order valence-corrected chi connectivity index (χ2v) is 8.44. The molecule has 9 heteroatoms. The summed E-state index contributed by atoms with van der Waals surface area (Å²) >= 11 is 6.16. The zero-order valence-electron chi connectivity index (χ0n) is 20.8. The van der Waals surface area contributed by atoms with E-state index in [0.29, 0.717) is 45.9 Å². The number of anilines is 1. The van der Waals surface area contributed by atoms with E-state index in [1.54, 1.807) is 54.6 Å². The fourth-order valence-electron chi connectivity index (χ4n) is 4.32. The lowest BCUT2D eigenvalue weighted by Crippen LogP contribution is -2.29. The highest BCUT2D eigenvalue weighted by atomic mass is 35.5. The number of amides is 1. The van der Waals surface area contributed by atoms with Crippen LogP contribution in [0.25, 0.3) is 5.76 Å². The molecule has 0 aliphatic carbocycles. The number of aliphatic hydroxyl groups is 1. The molecule has 1 heterocycles. The van der Waals surface area contributed by atoms with Gasteiger partial charge < -0.3 is 24.1 Å². The fraction of sp³-hybridized carbons (Fsp3) is 0.214. The summed E-state index contributed by atoms with van der Waals surface area (Å²) in [5, 5.41) is 11.7. The number of halogens is 1. The molecule has 0 bridgehead atoms. The first-order valence-electron chi connectivity index (χ1n) is 11.4. The van der Waals surface area contributed by atoms with Gasteiger partial charge in [-0.3, -0.25) is 14.5 Å². The molecule has 0 aromatic heterocycles. The highest BCUT2D eigenvalue weighted by molar-refractivity contribution is 6.52. The second-order valence-electron chi connectivity index (χ2n) is 8.03. The van der Waals surface area contributed by atoms with Crippen LogP contribution in [0.15, 0.2) is 66.2 Å². The Hall–Kier alpha value is -4.17. The SMILES string of the molecule is CCOc1cc(C2/C(=C(/O)c3ccc(Cl)c(OC)c3)C(=O)C(=O)N2c2ccccc2OC)ccc1OC. The van der Waals surface area contributed by atoms with Crippen molar-refractivity contribution in [3.8, 4) is 23.0 Å². The molecule has 3 aromatic rings. The van der Waals surface area contributed by atoms with Gasteiger partial charge in [-0.25, -0.2) is 0 Å². The molecule has 1 aliphatic rings. The molecule has 1 saturated heterocycles. The van der Waals surface area contributed by atoms with Gasteiger partial charge in [0.25, 0.3) is 11.7 Å². The molecule has 1 N–H and O–H groups in total. The number of hydrogen-bond acceptors (Lipinski definition) is 7. The zero-order valence-corrected chi connectivity index (χ0v) is 21.5. The maximum Gasteiger partial charge on any atom is 0.300 e. The minimum Gasteiger partial charge on any atom is -0.507 e. The maximum atomic E-state index is 13.5. The molecule has 0 saturated carbocycles. The Morgan fingerprint density at radius 2 is 1.59 bits per heavy atom. The van der Waals surface area contributed by atoms with Gasteiger partial charge in [0.05, 0.1) is 50.3 Å². The van der Waals surface area contributed by atoms with Gasteiger partial charge in [0.2, 0.25) is 0 Å². The van der Waals surface area contributed by atoms with Crippen LogP contribution in [0.5, 0.6) is 23.0 Å². The van der Waals surface area contributed by atoms with Crippen molar-refractivity contribution in [2.24, 2.45) is 0 Å². The Labute approximate surface area is 219 Å². The third-order valence-electron chi connectivity index (χ3n) is 6.02. The van der Waals surface area contributed by atoms with Gasteiger partial charge in [0.1, 0.15) is 17.3 Å². The van der Waals surface area contributed by atoms with E-state index in [9.17, 15) is 14.7 Å². The molecule has 1 amide bonds. The van der Waals surface area contributed by atoms with E-state index in [0.717, 1.165) is 0 Å². The number of carbonyl (C=O) groups is 2. The summed E-state index contributed by atoms with van der Waals surface area (Å²) in [4.78, 5) is 28.3. The molecule has 0 spiro atoms. The van der Waals surface area contributed by atoms with Gasteiger partial charge in [0, 0.05) is 5.56 Å². The molecule has 37 heavy (non-hydrogen) atoms. The van der Waals surface area contributed by atoms with Crippen LogP contribution in [-0.4, -0.2) is 44.7 Å². The molecule has 1 fully saturated rings. The van der Waals surface area contributed by atoms with E-state index in [1.807, 2.05) is 6.92 Å². The molecule has 192 valence electrons. The number of aliphatic hydroxyl groups excluding tert-OH is 1. The minimum absolute atomic E-state index is 0.104. The van der Waals surface area contributed by atoms with E-state index in [2.05, 4.69) is 0 Å². The van der Waals surface area contributed by atoms with Crippen molar-refractivity contribution in [2.45, 2.75) is 13.0 Å². The predicted octanol–water partition coefficient (Wildman–Crippen LogP) is 5.39. The van der Waals surface area contributed by atoms with Crippen molar-refractivity contribution in [3.05, 3.63) is 82.4 Å². The molecule has 4 rings (SSSR count). The Morgan fingerprint density at radius 3 is 2.27 bits per heavy atom.